The number of hydrogen-bond donors (Lipinski definition) is 4. The summed E-state index contributed by atoms with van der Waals surface area (Å²) in [6.45, 7) is 14.9. The first-order chi connectivity index (χ1) is 7.27. The van der Waals surface area contributed by atoms with E-state index < -0.39 is 0 Å². The molecule has 0 heterocycles. The molecule has 0 bridgehead atoms. The third kappa shape index (κ3) is 10.7. The van der Waals surface area contributed by atoms with Gasteiger partial charge in [-0.3, -0.25) is 0 Å². The molecule has 0 rings (SSSR count). The molecule has 0 unspecified atom stereocenters. The first-order valence-corrected chi connectivity index (χ1v) is 6.72. The van der Waals surface area contributed by atoms with E-state index in [0.717, 1.165) is 31.9 Å². The van der Waals surface area contributed by atoms with Crippen molar-refractivity contribution in [2.75, 3.05) is 31.9 Å². The van der Waals surface area contributed by atoms with E-state index in [2.05, 4.69) is 63.2 Å². The Morgan fingerprint density at radius 1 is 0.812 bits per heavy atom. The summed E-state index contributed by atoms with van der Waals surface area (Å²) in [6.07, 6.45) is 0. The standard InChI is InChI=1S/C12H29N3S/c1-11(2,3)14-8-6-13-7-9-15-12(4,5)10-16/h13-16H,6-10H2,1-5H3. The lowest BCUT2D eigenvalue weighted by atomic mass is 10.1. The zero-order valence-electron chi connectivity index (χ0n) is 11.5. The summed E-state index contributed by atoms with van der Waals surface area (Å²) >= 11 is 4.30. The van der Waals surface area contributed by atoms with E-state index in [9.17, 15) is 0 Å². The summed E-state index contributed by atoms with van der Waals surface area (Å²) in [5.41, 5.74) is 0.350. The molecule has 3 nitrogen and oxygen atoms in total. The number of nitrogens with one attached hydrogen (secondary N) is 3. The van der Waals surface area contributed by atoms with Crippen molar-refractivity contribution >= 4 is 12.6 Å². The molecule has 0 spiro atoms. The van der Waals surface area contributed by atoms with Gasteiger partial charge in [-0.15, -0.1) is 0 Å². The maximum absolute atomic E-state index is 4.30. The fourth-order valence-electron chi connectivity index (χ4n) is 1.20. The SMILES string of the molecule is CC(C)(C)NCCNCCNC(C)(C)CS. The van der Waals surface area contributed by atoms with Crippen molar-refractivity contribution in [3.8, 4) is 0 Å². The topological polar surface area (TPSA) is 36.1 Å². The molecule has 16 heavy (non-hydrogen) atoms. The van der Waals surface area contributed by atoms with Crippen molar-refractivity contribution in [2.45, 2.75) is 45.7 Å². The summed E-state index contributed by atoms with van der Waals surface area (Å²) in [5.74, 6) is 0.860. The molecule has 0 aromatic rings. The van der Waals surface area contributed by atoms with Crippen LogP contribution in [-0.2, 0) is 0 Å². The van der Waals surface area contributed by atoms with Crippen molar-refractivity contribution in [3.63, 3.8) is 0 Å². The number of hydrogen-bond acceptors (Lipinski definition) is 4. The van der Waals surface area contributed by atoms with E-state index >= 15 is 0 Å². The Bertz CT molecular complexity index is 176. The molecule has 0 saturated carbocycles. The minimum Gasteiger partial charge on any atom is -0.314 e. The Morgan fingerprint density at radius 3 is 1.75 bits per heavy atom. The van der Waals surface area contributed by atoms with Crippen molar-refractivity contribution in [2.24, 2.45) is 0 Å². The zero-order chi connectivity index (χ0) is 12.7. The predicted molar refractivity (Wildman–Crippen MR) is 76.6 cm³/mol. The van der Waals surface area contributed by atoms with Gasteiger partial charge in [0.25, 0.3) is 0 Å². The molecule has 0 aliphatic carbocycles. The minimum absolute atomic E-state index is 0.133. The quantitative estimate of drug-likeness (QED) is 0.385. The van der Waals surface area contributed by atoms with E-state index in [4.69, 9.17) is 0 Å². The van der Waals surface area contributed by atoms with E-state index in [1.807, 2.05) is 0 Å². The van der Waals surface area contributed by atoms with Gasteiger partial charge in [0.05, 0.1) is 0 Å². The molecule has 4 heteroatoms. The van der Waals surface area contributed by atoms with E-state index in [-0.39, 0.29) is 11.1 Å². The lowest BCUT2D eigenvalue weighted by molar-refractivity contribution is 0.409. The maximum Gasteiger partial charge on any atom is 0.0213 e. The van der Waals surface area contributed by atoms with E-state index in [1.165, 1.54) is 0 Å². The molecule has 0 radical (unpaired) electrons. The summed E-state index contributed by atoms with van der Waals surface area (Å²) in [6, 6.07) is 0. The zero-order valence-corrected chi connectivity index (χ0v) is 12.4. The van der Waals surface area contributed by atoms with E-state index in [0.29, 0.717) is 0 Å². The van der Waals surface area contributed by atoms with Gasteiger partial charge in [-0.2, -0.15) is 12.6 Å². The van der Waals surface area contributed by atoms with Crippen LogP contribution < -0.4 is 16.0 Å². The molecule has 3 N–H and O–H groups in total. The van der Waals surface area contributed by atoms with Crippen LogP contribution in [0.5, 0.6) is 0 Å². The molecule has 0 fully saturated rings. The molecule has 0 aromatic carbocycles. The highest BCUT2D eigenvalue weighted by Crippen LogP contribution is 2.02. The molecule has 0 aliphatic rings. The Labute approximate surface area is 107 Å². The van der Waals surface area contributed by atoms with Gasteiger partial charge in [-0.05, 0) is 34.6 Å². The van der Waals surface area contributed by atoms with Gasteiger partial charge in [0.15, 0.2) is 0 Å². The second-order valence-corrected chi connectivity index (χ2v) is 6.21. The average Bonchev–Trinajstić information content (AvgIpc) is 2.14. The van der Waals surface area contributed by atoms with Crippen LogP contribution in [-0.4, -0.2) is 43.0 Å². The second kappa shape index (κ2) is 7.54. The Kier molecular flexibility index (Phi) is 7.64. The van der Waals surface area contributed by atoms with Crippen LogP contribution in [0.3, 0.4) is 0 Å². The summed E-state index contributed by atoms with van der Waals surface area (Å²) in [4.78, 5) is 0. The molecule has 0 aromatic heterocycles. The summed E-state index contributed by atoms with van der Waals surface area (Å²) in [5, 5.41) is 10.3. The summed E-state index contributed by atoms with van der Waals surface area (Å²) in [7, 11) is 0. The highest BCUT2D eigenvalue weighted by Gasteiger charge is 2.13. The molecule has 0 amide bonds. The Balaban J connectivity index is 3.29. The Hall–Kier alpha value is 0.230. The molecule has 0 aliphatic heterocycles. The van der Waals surface area contributed by atoms with Crippen LogP contribution >= 0.6 is 12.6 Å². The first kappa shape index (κ1) is 16.2. The van der Waals surface area contributed by atoms with Gasteiger partial charge in [-0.1, -0.05) is 0 Å². The van der Waals surface area contributed by atoms with Crippen molar-refractivity contribution in [3.05, 3.63) is 0 Å². The smallest absolute Gasteiger partial charge is 0.0213 e. The number of rotatable bonds is 8. The van der Waals surface area contributed by atoms with Gasteiger partial charge >= 0.3 is 0 Å². The average molecular weight is 247 g/mol. The fraction of sp³-hybridized carbons (Fsp3) is 1.00. The van der Waals surface area contributed by atoms with Crippen molar-refractivity contribution in [1.29, 1.82) is 0 Å². The lowest BCUT2D eigenvalue weighted by Crippen LogP contribution is -2.45. The maximum atomic E-state index is 4.30. The largest absolute Gasteiger partial charge is 0.314 e. The van der Waals surface area contributed by atoms with Gasteiger partial charge in [0.1, 0.15) is 0 Å². The van der Waals surface area contributed by atoms with Crippen LogP contribution in [0.2, 0.25) is 0 Å². The highest BCUT2D eigenvalue weighted by molar-refractivity contribution is 7.80. The molecule has 0 atom stereocenters. The Morgan fingerprint density at radius 2 is 1.31 bits per heavy atom. The third-order valence-corrected chi connectivity index (χ3v) is 3.05. The van der Waals surface area contributed by atoms with Gasteiger partial charge < -0.3 is 16.0 Å². The number of thiol groups is 1. The van der Waals surface area contributed by atoms with Crippen LogP contribution in [0.15, 0.2) is 0 Å². The minimum atomic E-state index is 0.133. The van der Waals surface area contributed by atoms with Crippen LogP contribution in [0.1, 0.15) is 34.6 Å². The molecule has 98 valence electrons. The lowest BCUT2D eigenvalue weighted by Gasteiger charge is -2.24. The van der Waals surface area contributed by atoms with Crippen LogP contribution in [0.25, 0.3) is 0 Å². The van der Waals surface area contributed by atoms with Crippen molar-refractivity contribution in [1.82, 2.24) is 16.0 Å². The molecular formula is C12H29N3S. The fourth-order valence-corrected chi connectivity index (χ4v) is 1.31. The molecular weight excluding hydrogens is 218 g/mol. The van der Waals surface area contributed by atoms with Gasteiger partial charge in [-0.25, -0.2) is 0 Å². The predicted octanol–water partition coefficient (Wildman–Crippen LogP) is 1.26. The second-order valence-electron chi connectivity index (χ2n) is 5.90. The van der Waals surface area contributed by atoms with Gasteiger partial charge in [0, 0.05) is 43.0 Å². The third-order valence-electron chi connectivity index (χ3n) is 2.26. The van der Waals surface area contributed by atoms with Gasteiger partial charge in [0.2, 0.25) is 0 Å². The molecule has 0 saturated heterocycles. The monoisotopic (exact) mass is 247 g/mol. The van der Waals surface area contributed by atoms with Crippen LogP contribution in [0, 0.1) is 0 Å². The van der Waals surface area contributed by atoms with Crippen LogP contribution in [0.4, 0.5) is 0 Å². The highest BCUT2D eigenvalue weighted by atomic mass is 32.1. The van der Waals surface area contributed by atoms with E-state index in [1.54, 1.807) is 0 Å². The first-order valence-electron chi connectivity index (χ1n) is 6.08. The normalized spacial score (nSPS) is 13.1. The summed E-state index contributed by atoms with van der Waals surface area (Å²) < 4.78 is 0. The van der Waals surface area contributed by atoms with Crippen molar-refractivity contribution < 1.29 is 0 Å².